The molecule has 0 aliphatic rings. The number of carbonyl (C=O) groups is 1. The van der Waals surface area contributed by atoms with Crippen molar-refractivity contribution in [3.8, 4) is 5.82 Å². The standard InChI is InChI=1S/C11H7N5O4/c17-11(18)9-10(13-7-3-1-2-4-15(7)9)14-5-8(12-6-14)16(19)20/h1-6H,(H,17,18). The van der Waals surface area contributed by atoms with Crippen molar-refractivity contribution in [3.05, 3.63) is 52.7 Å². The monoisotopic (exact) mass is 273 g/mol. The van der Waals surface area contributed by atoms with Gasteiger partial charge in [-0.2, -0.15) is 0 Å². The van der Waals surface area contributed by atoms with Crippen LogP contribution in [0.4, 0.5) is 5.82 Å². The van der Waals surface area contributed by atoms with E-state index < -0.39 is 10.9 Å². The van der Waals surface area contributed by atoms with E-state index >= 15 is 0 Å². The first kappa shape index (κ1) is 11.8. The Kier molecular flexibility index (Phi) is 2.46. The van der Waals surface area contributed by atoms with Gasteiger partial charge < -0.3 is 15.2 Å². The Bertz CT molecular complexity index is 834. The van der Waals surface area contributed by atoms with Crippen LogP contribution in [0, 0.1) is 10.1 Å². The van der Waals surface area contributed by atoms with Gasteiger partial charge in [-0.05, 0) is 22.0 Å². The third-order valence-corrected chi connectivity index (χ3v) is 2.71. The number of rotatable bonds is 3. The zero-order valence-electron chi connectivity index (χ0n) is 9.87. The van der Waals surface area contributed by atoms with Gasteiger partial charge in [0.25, 0.3) is 0 Å². The van der Waals surface area contributed by atoms with Gasteiger partial charge >= 0.3 is 11.8 Å². The average Bonchev–Trinajstić information content (AvgIpc) is 3.02. The fourth-order valence-electron chi connectivity index (χ4n) is 1.88. The summed E-state index contributed by atoms with van der Waals surface area (Å²) >= 11 is 0. The number of fused-ring (bicyclic) bond motifs is 1. The lowest BCUT2D eigenvalue weighted by atomic mass is 10.4. The van der Waals surface area contributed by atoms with Gasteiger partial charge in [0.15, 0.2) is 11.5 Å². The third kappa shape index (κ3) is 1.68. The lowest BCUT2D eigenvalue weighted by Gasteiger charge is -1.98. The molecule has 3 aromatic heterocycles. The van der Waals surface area contributed by atoms with E-state index in [1.807, 2.05) is 0 Å². The summed E-state index contributed by atoms with van der Waals surface area (Å²) in [6, 6.07) is 5.02. The van der Waals surface area contributed by atoms with E-state index in [-0.39, 0.29) is 17.3 Å². The zero-order valence-corrected chi connectivity index (χ0v) is 9.87. The number of aromatic nitrogens is 4. The molecular weight excluding hydrogens is 266 g/mol. The number of imidazole rings is 2. The van der Waals surface area contributed by atoms with Crippen molar-refractivity contribution in [2.24, 2.45) is 0 Å². The average molecular weight is 273 g/mol. The van der Waals surface area contributed by atoms with E-state index in [0.717, 1.165) is 12.5 Å². The van der Waals surface area contributed by atoms with Crippen LogP contribution in [0.15, 0.2) is 36.9 Å². The molecule has 100 valence electrons. The van der Waals surface area contributed by atoms with Gasteiger partial charge in [0.1, 0.15) is 11.8 Å². The van der Waals surface area contributed by atoms with Crippen LogP contribution in [-0.2, 0) is 0 Å². The number of carboxylic acid groups (broad SMARTS) is 1. The van der Waals surface area contributed by atoms with Gasteiger partial charge in [-0.15, -0.1) is 0 Å². The topological polar surface area (TPSA) is 116 Å². The molecule has 0 atom stereocenters. The maximum absolute atomic E-state index is 11.4. The fraction of sp³-hybridized carbons (Fsp3) is 0. The van der Waals surface area contributed by atoms with E-state index in [0.29, 0.717) is 5.65 Å². The molecule has 20 heavy (non-hydrogen) atoms. The summed E-state index contributed by atoms with van der Waals surface area (Å²) in [7, 11) is 0. The lowest BCUT2D eigenvalue weighted by Crippen LogP contribution is -2.06. The normalized spacial score (nSPS) is 10.8. The van der Waals surface area contributed by atoms with Gasteiger partial charge in [-0.3, -0.25) is 8.97 Å². The second-order valence-corrected chi connectivity index (χ2v) is 3.91. The molecule has 1 N–H and O–H groups in total. The molecule has 0 aliphatic heterocycles. The molecule has 0 unspecified atom stereocenters. The van der Waals surface area contributed by atoms with Crippen molar-refractivity contribution in [1.29, 1.82) is 0 Å². The number of nitro groups is 1. The predicted molar refractivity (Wildman–Crippen MR) is 65.9 cm³/mol. The van der Waals surface area contributed by atoms with Gasteiger partial charge in [0, 0.05) is 6.20 Å². The minimum Gasteiger partial charge on any atom is -0.476 e. The minimum atomic E-state index is -1.19. The maximum atomic E-state index is 11.4. The van der Waals surface area contributed by atoms with Crippen LogP contribution >= 0.6 is 0 Å². The molecule has 0 aliphatic carbocycles. The quantitative estimate of drug-likeness (QED) is 0.564. The molecule has 9 nitrogen and oxygen atoms in total. The number of nitrogens with zero attached hydrogens (tertiary/aromatic N) is 5. The van der Waals surface area contributed by atoms with E-state index in [1.54, 1.807) is 24.4 Å². The maximum Gasteiger partial charge on any atom is 0.381 e. The Labute approximate surface area is 110 Å². The molecule has 3 heterocycles. The highest BCUT2D eigenvalue weighted by Gasteiger charge is 2.22. The van der Waals surface area contributed by atoms with E-state index in [4.69, 9.17) is 0 Å². The van der Waals surface area contributed by atoms with Gasteiger partial charge in [0.2, 0.25) is 6.33 Å². The van der Waals surface area contributed by atoms with Crippen molar-refractivity contribution in [2.75, 3.05) is 0 Å². The minimum absolute atomic E-state index is 0.0734. The molecule has 0 bridgehead atoms. The SMILES string of the molecule is O=C(O)c1c(-n2cnc([N+](=O)[O-])c2)nc2ccccn12. The number of hydrogen-bond donors (Lipinski definition) is 1. The first-order chi connectivity index (χ1) is 9.58. The number of aromatic carboxylic acids is 1. The fourth-order valence-corrected chi connectivity index (χ4v) is 1.88. The van der Waals surface area contributed by atoms with Gasteiger partial charge in [-0.1, -0.05) is 6.07 Å². The van der Waals surface area contributed by atoms with Crippen molar-refractivity contribution in [3.63, 3.8) is 0 Å². The van der Waals surface area contributed by atoms with Crippen LogP contribution in [0.25, 0.3) is 11.5 Å². The summed E-state index contributed by atoms with van der Waals surface area (Å²) in [6.45, 7) is 0. The van der Waals surface area contributed by atoms with Crippen molar-refractivity contribution < 1.29 is 14.8 Å². The van der Waals surface area contributed by atoms with Crippen LogP contribution in [0.1, 0.15) is 10.5 Å². The Balaban J connectivity index is 2.26. The molecular formula is C11H7N5O4. The Morgan fingerprint density at radius 2 is 2.20 bits per heavy atom. The van der Waals surface area contributed by atoms with E-state index in [1.165, 1.54) is 8.97 Å². The summed E-state index contributed by atoms with van der Waals surface area (Å²) in [6.07, 6.45) is 3.83. The van der Waals surface area contributed by atoms with Gasteiger partial charge in [0.05, 0.1) is 0 Å². The van der Waals surface area contributed by atoms with Crippen LogP contribution in [-0.4, -0.2) is 34.9 Å². The molecule has 0 saturated carbocycles. The van der Waals surface area contributed by atoms with E-state index in [2.05, 4.69) is 9.97 Å². The van der Waals surface area contributed by atoms with Crippen LogP contribution in [0.3, 0.4) is 0 Å². The Morgan fingerprint density at radius 1 is 1.40 bits per heavy atom. The highest BCUT2D eigenvalue weighted by molar-refractivity contribution is 5.90. The van der Waals surface area contributed by atoms with Crippen molar-refractivity contribution in [1.82, 2.24) is 18.9 Å². The molecule has 9 heteroatoms. The summed E-state index contributed by atoms with van der Waals surface area (Å²) in [5.74, 6) is -1.49. The summed E-state index contributed by atoms with van der Waals surface area (Å²) in [5.41, 5.74) is 0.337. The molecule has 0 amide bonds. The first-order valence-corrected chi connectivity index (χ1v) is 5.47. The van der Waals surface area contributed by atoms with Crippen molar-refractivity contribution in [2.45, 2.75) is 0 Å². The van der Waals surface area contributed by atoms with E-state index in [9.17, 15) is 20.0 Å². The molecule has 0 saturated heterocycles. The predicted octanol–water partition coefficient (Wildman–Crippen LogP) is 1.13. The van der Waals surface area contributed by atoms with Crippen LogP contribution < -0.4 is 0 Å². The van der Waals surface area contributed by atoms with Crippen molar-refractivity contribution >= 4 is 17.4 Å². The smallest absolute Gasteiger partial charge is 0.381 e. The summed E-state index contributed by atoms with van der Waals surface area (Å²) in [4.78, 5) is 29.1. The lowest BCUT2D eigenvalue weighted by molar-refractivity contribution is -0.389. The van der Waals surface area contributed by atoms with Crippen LogP contribution in [0.2, 0.25) is 0 Å². The molecule has 0 spiro atoms. The molecule has 3 rings (SSSR count). The summed E-state index contributed by atoms with van der Waals surface area (Å²) in [5, 5.41) is 19.9. The Morgan fingerprint density at radius 3 is 2.85 bits per heavy atom. The largest absolute Gasteiger partial charge is 0.476 e. The second-order valence-electron chi connectivity index (χ2n) is 3.91. The molecule has 0 radical (unpaired) electrons. The van der Waals surface area contributed by atoms with Gasteiger partial charge in [-0.25, -0.2) is 9.78 Å². The number of hydrogen-bond acceptors (Lipinski definition) is 5. The second kappa shape index (κ2) is 4.16. The highest BCUT2D eigenvalue weighted by atomic mass is 16.6. The molecule has 3 aromatic rings. The molecule has 0 aromatic carbocycles. The molecule has 0 fully saturated rings. The highest BCUT2D eigenvalue weighted by Crippen LogP contribution is 2.19. The first-order valence-electron chi connectivity index (χ1n) is 5.47. The third-order valence-electron chi connectivity index (χ3n) is 2.71. The number of carboxylic acids is 1. The Hall–Kier alpha value is -3.23. The zero-order chi connectivity index (χ0) is 14.3. The summed E-state index contributed by atoms with van der Waals surface area (Å²) < 4.78 is 2.61. The number of pyridine rings is 1. The van der Waals surface area contributed by atoms with Crippen LogP contribution in [0.5, 0.6) is 0 Å².